The van der Waals surface area contributed by atoms with Crippen LogP contribution in [0.4, 0.5) is 5.95 Å². The third kappa shape index (κ3) is 4.60. The van der Waals surface area contributed by atoms with Crippen LogP contribution in [0, 0.1) is 0 Å². The van der Waals surface area contributed by atoms with Gasteiger partial charge in [-0.1, -0.05) is 11.8 Å². The van der Waals surface area contributed by atoms with Gasteiger partial charge in [0.2, 0.25) is 11.9 Å². The lowest BCUT2D eigenvalue weighted by Crippen LogP contribution is -2.44. The fraction of sp³-hybridized carbons (Fsp3) is 0.611. The number of hydrogen-bond donors (Lipinski definition) is 1. The first-order valence-corrected chi connectivity index (χ1v) is 9.91. The number of rotatable bonds is 6. The molecule has 0 spiro atoms. The maximum Gasteiger partial charge on any atom is 0.233 e. The maximum absolute atomic E-state index is 12.4. The van der Waals surface area contributed by atoms with Crippen molar-refractivity contribution in [2.45, 2.75) is 63.0 Å². The predicted octanol–water partition coefficient (Wildman–Crippen LogP) is 2.91. The first-order chi connectivity index (χ1) is 12.3. The molecule has 7 nitrogen and oxygen atoms in total. The molecule has 0 aliphatic carbocycles. The zero-order valence-corrected chi connectivity index (χ0v) is 16.7. The molecule has 3 rings (SSSR count). The van der Waals surface area contributed by atoms with E-state index < -0.39 is 0 Å². The van der Waals surface area contributed by atoms with Gasteiger partial charge in [0.25, 0.3) is 0 Å². The fourth-order valence-electron chi connectivity index (χ4n) is 2.90. The monoisotopic (exact) mass is 377 g/mol. The van der Waals surface area contributed by atoms with Crippen molar-refractivity contribution in [3.05, 3.63) is 24.2 Å². The molecule has 0 aromatic carbocycles. The van der Waals surface area contributed by atoms with Gasteiger partial charge in [0, 0.05) is 18.6 Å². The van der Waals surface area contributed by atoms with E-state index in [1.165, 1.54) is 24.6 Å². The third-order valence-corrected chi connectivity index (χ3v) is 5.21. The van der Waals surface area contributed by atoms with E-state index in [1.807, 2.05) is 39.8 Å². The summed E-state index contributed by atoms with van der Waals surface area (Å²) in [4.78, 5) is 14.7. The molecule has 1 saturated heterocycles. The summed E-state index contributed by atoms with van der Waals surface area (Å²) in [5, 5.41) is 12.3. The van der Waals surface area contributed by atoms with Crippen molar-refractivity contribution in [2.75, 3.05) is 18.0 Å². The van der Waals surface area contributed by atoms with Crippen LogP contribution < -0.4 is 10.2 Å². The molecule has 1 N–H and O–H groups in total. The predicted molar refractivity (Wildman–Crippen MR) is 102 cm³/mol. The molecule has 3 heterocycles. The topological polar surface area (TPSA) is 76.2 Å². The number of anilines is 1. The first kappa shape index (κ1) is 18.8. The Hall–Kier alpha value is -1.96. The molecule has 2 aromatic rings. The minimum atomic E-state index is -0.264. The van der Waals surface area contributed by atoms with Crippen molar-refractivity contribution in [3.63, 3.8) is 0 Å². The molecular weight excluding hydrogens is 350 g/mol. The highest BCUT2D eigenvalue weighted by atomic mass is 32.2. The van der Waals surface area contributed by atoms with Gasteiger partial charge in [-0.2, -0.15) is 0 Å². The Balaban J connectivity index is 1.80. The SMILES string of the molecule is C[C@H](Sc1nnc(N2CCCC2)n1Cc1ccco1)C(=O)NC(C)(C)C. The molecule has 142 valence electrons. The second kappa shape index (κ2) is 7.73. The van der Waals surface area contributed by atoms with Crippen LogP contribution in [-0.2, 0) is 11.3 Å². The van der Waals surface area contributed by atoms with E-state index in [-0.39, 0.29) is 16.7 Å². The maximum atomic E-state index is 12.4. The van der Waals surface area contributed by atoms with Gasteiger partial charge in [0.15, 0.2) is 5.16 Å². The minimum absolute atomic E-state index is 0.00206. The highest BCUT2D eigenvalue weighted by Gasteiger charge is 2.26. The van der Waals surface area contributed by atoms with Crippen LogP contribution in [0.15, 0.2) is 28.0 Å². The van der Waals surface area contributed by atoms with E-state index in [1.54, 1.807) is 6.26 Å². The van der Waals surface area contributed by atoms with E-state index in [2.05, 4.69) is 25.0 Å². The summed E-state index contributed by atoms with van der Waals surface area (Å²) < 4.78 is 7.57. The number of aromatic nitrogens is 3. The molecule has 0 radical (unpaired) electrons. The van der Waals surface area contributed by atoms with E-state index in [4.69, 9.17) is 4.42 Å². The van der Waals surface area contributed by atoms with Gasteiger partial charge in [0.1, 0.15) is 5.76 Å². The lowest BCUT2D eigenvalue weighted by Gasteiger charge is -2.23. The van der Waals surface area contributed by atoms with E-state index >= 15 is 0 Å². The number of nitrogens with one attached hydrogen (secondary N) is 1. The molecule has 2 aromatic heterocycles. The Morgan fingerprint density at radius 3 is 2.69 bits per heavy atom. The largest absolute Gasteiger partial charge is 0.467 e. The summed E-state index contributed by atoms with van der Waals surface area (Å²) in [5.74, 6) is 1.70. The Kier molecular flexibility index (Phi) is 5.60. The molecular formula is C18H27N5O2S. The summed E-state index contributed by atoms with van der Waals surface area (Å²) in [5.41, 5.74) is -0.256. The molecule has 0 bridgehead atoms. The minimum Gasteiger partial charge on any atom is -0.467 e. The summed E-state index contributed by atoms with van der Waals surface area (Å²) in [6.07, 6.45) is 4.00. The van der Waals surface area contributed by atoms with Crippen LogP contribution in [0.3, 0.4) is 0 Å². The van der Waals surface area contributed by atoms with Crippen molar-refractivity contribution >= 4 is 23.6 Å². The Morgan fingerprint density at radius 1 is 1.35 bits per heavy atom. The molecule has 1 amide bonds. The van der Waals surface area contributed by atoms with E-state index in [9.17, 15) is 4.79 Å². The van der Waals surface area contributed by atoms with Crippen LogP contribution in [-0.4, -0.2) is 44.6 Å². The lowest BCUT2D eigenvalue weighted by molar-refractivity contribution is -0.121. The summed E-state index contributed by atoms with van der Waals surface area (Å²) >= 11 is 1.43. The lowest BCUT2D eigenvalue weighted by atomic mass is 10.1. The van der Waals surface area contributed by atoms with Crippen molar-refractivity contribution in [3.8, 4) is 0 Å². The number of carbonyl (C=O) groups excluding carboxylic acids is 1. The number of amides is 1. The number of furan rings is 1. The number of carbonyl (C=O) groups is 1. The molecule has 1 aliphatic rings. The van der Waals surface area contributed by atoms with Crippen molar-refractivity contribution in [1.29, 1.82) is 0 Å². The number of hydrogen-bond acceptors (Lipinski definition) is 6. The highest BCUT2D eigenvalue weighted by Crippen LogP contribution is 2.28. The highest BCUT2D eigenvalue weighted by molar-refractivity contribution is 8.00. The van der Waals surface area contributed by atoms with Gasteiger partial charge in [0.05, 0.1) is 18.1 Å². The standard InChI is InChI=1S/C18H27N5O2S/c1-13(15(24)19-18(2,3)4)26-17-21-20-16(22-9-5-6-10-22)23(17)12-14-8-7-11-25-14/h7-8,11,13H,5-6,9-10,12H2,1-4H3,(H,19,24)/t13-/m0/s1. The Morgan fingerprint density at radius 2 is 2.08 bits per heavy atom. The first-order valence-electron chi connectivity index (χ1n) is 9.03. The summed E-state index contributed by atoms with van der Waals surface area (Å²) in [7, 11) is 0. The summed E-state index contributed by atoms with van der Waals surface area (Å²) in [6.45, 7) is 10.4. The van der Waals surface area contributed by atoms with Gasteiger partial charge < -0.3 is 14.6 Å². The molecule has 1 fully saturated rings. The normalized spacial score (nSPS) is 16.1. The van der Waals surface area contributed by atoms with Gasteiger partial charge in [-0.05, 0) is 52.7 Å². The molecule has 0 unspecified atom stereocenters. The number of nitrogens with zero attached hydrogens (tertiary/aromatic N) is 4. The van der Waals surface area contributed by atoms with Gasteiger partial charge in [-0.25, -0.2) is 0 Å². The smallest absolute Gasteiger partial charge is 0.233 e. The van der Waals surface area contributed by atoms with Crippen LogP contribution in [0.5, 0.6) is 0 Å². The Labute approximate surface area is 158 Å². The molecule has 1 atom stereocenters. The van der Waals surface area contributed by atoms with Crippen molar-refractivity contribution in [1.82, 2.24) is 20.1 Å². The van der Waals surface area contributed by atoms with E-state index in [0.717, 1.165) is 30.0 Å². The summed E-state index contributed by atoms with van der Waals surface area (Å²) in [6, 6.07) is 3.82. The zero-order chi connectivity index (χ0) is 18.7. The van der Waals surface area contributed by atoms with Crippen molar-refractivity contribution < 1.29 is 9.21 Å². The molecule has 0 saturated carbocycles. The van der Waals surface area contributed by atoms with Crippen LogP contribution in [0.2, 0.25) is 0 Å². The number of thioether (sulfide) groups is 1. The fourth-order valence-corrected chi connectivity index (χ4v) is 3.74. The van der Waals surface area contributed by atoms with E-state index in [0.29, 0.717) is 6.54 Å². The average Bonchev–Trinajstić information content (AvgIpc) is 3.28. The van der Waals surface area contributed by atoms with Crippen LogP contribution in [0.1, 0.15) is 46.3 Å². The van der Waals surface area contributed by atoms with Gasteiger partial charge >= 0.3 is 0 Å². The molecule has 8 heteroatoms. The Bertz CT molecular complexity index is 729. The molecule has 1 aliphatic heterocycles. The van der Waals surface area contributed by atoms with Crippen LogP contribution in [0.25, 0.3) is 0 Å². The zero-order valence-electron chi connectivity index (χ0n) is 15.9. The average molecular weight is 378 g/mol. The van der Waals surface area contributed by atoms with Crippen LogP contribution >= 0.6 is 11.8 Å². The van der Waals surface area contributed by atoms with Gasteiger partial charge in [-0.15, -0.1) is 10.2 Å². The molecule has 26 heavy (non-hydrogen) atoms. The second-order valence-electron chi connectivity index (χ2n) is 7.64. The quantitative estimate of drug-likeness (QED) is 0.780. The second-order valence-corrected chi connectivity index (χ2v) is 8.95. The third-order valence-electron chi connectivity index (χ3n) is 4.13. The van der Waals surface area contributed by atoms with Crippen molar-refractivity contribution in [2.24, 2.45) is 0 Å². The van der Waals surface area contributed by atoms with Gasteiger partial charge in [-0.3, -0.25) is 9.36 Å².